The monoisotopic (exact) mass is 687 g/mol. The van der Waals surface area contributed by atoms with E-state index in [9.17, 15) is 29.1 Å². The molecule has 1 aliphatic carbocycles. The van der Waals surface area contributed by atoms with Gasteiger partial charge in [-0.1, -0.05) is 83.2 Å². The molecule has 3 amide bonds. The van der Waals surface area contributed by atoms with Crippen LogP contribution in [0.15, 0.2) is 30.3 Å². The first-order chi connectivity index (χ1) is 23.0. The molecule has 12 heteroatoms. The van der Waals surface area contributed by atoms with E-state index in [1.807, 2.05) is 51.1 Å². The molecule has 0 aromatic heterocycles. The Morgan fingerprint density at radius 1 is 0.980 bits per heavy atom. The first-order valence-corrected chi connectivity index (χ1v) is 17.7. The molecule has 1 saturated heterocycles. The van der Waals surface area contributed by atoms with Crippen LogP contribution in [0.3, 0.4) is 0 Å². The van der Waals surface area contributed by atoms with E-state index in [1.165, 1.54) is 0 Å². The van der Waals surface area contributed by atoms with Gasteiger partial charge in [0.25, 0.3) is 0 Å². The average Bonchev–Trinajstić information content (AvgIpc) is 3.01. The minimum atomic E-state index is -1.65. The van der Waals surface area contributed by atoms with Crippen LogP contribution in [0.2, 0.25) is 0 Å². The number of aliphatic hydroxyl groups excluding tert-OH is 1. The number of esters is 2. The van der Waals surface area contributed by atoms with E-state index in [0.29, 0.717) is 12.8 Å². The molecular formula is C37H57N3O9. The van der Waals surface area contributed by atoms with Crippen molar-refractivity contribution in [2.24, 2.45) is 11.3 Å². The molecule has 2 fully saturated rings. The lowest BCUT2D eigenvalue weighted by atomic mass is 9.83. The van der Waals surface area contributed by atoms with Crippen LogP contribution in [0.25, 0.3) is 0 Å². The predicted octanol–water partition coefficient (Wildman–Crippen LogP) is 4.50. The number of rotatable bonds is 8. The summed E-state index contributed by atoms with van der Waals surface area (Å²) in [7, 11) is 0. The number of ether oxygens (including phenoxy) is 3. The van der Waals surface area contributed by atoms with Crippen molar-refractivity contribution in [1.29, 1.82) is 0 Å². The van der Waals surface area contributed by atoms with Crippen LogP contribution in [0.5, 0.6) is 0 Å². The second-order valence-electron chi connectivity index (χ2n) is 15.6. The number of amides is 3. The molecule has 1 aromatic rings. The van der Waals surface area contributed by atoms with Gasteiger partial charge in [0, 0.05) is 19.3 Å². The van der Waals surface area contributed by atoms with Crippen LogP contribution in [-0.4, -0.2) is 77.5 Å². The zero-order chi connectivity index (χ0) is 36.2. The fourth-order valence-electron chi connectivity index (χ4n) is 6.31. The average molecular weight is 688 g/mol. The molecule has 274 valence electrons. The van der Waals surface area contributed by atoms with E-state index in [1.54, 1.807) is 20.8 Å². The fraction of sp³-hybridized carbons (Fsp3) is 0.703. The molecule has 2 aliphatic rings. The first kappa shape index (κ1) is 39.8. The van der Waals surface area contributed by atoms with Crippen molar-refractivity contribution in [3.63, 3.8) is 0 Å². The number of carbonyl (C=O) groups is 5. The molecular weight excluding hydrogens is 630 g/mol. The predicted molar refractivity (Wildman–Crippen MR) is 183 cm³/mol. The lowest BCUT2D eigenvalue weighted by Crippen LogP contribution is -2.58. The van der Waals surface area contributed by atoms with Crippen LogP contribution in [0, 0.1) is 11.3 Å². The summed E-state index contributed by atoms with van der Waals surface area (Å²) in [6.07, 6.45) is 2.95. The van der Waals surface area contributed by atoms with Crippen molar-refractivity contribution >= 4 is 29.8 Å². The van der Waals surface area contributed by atoms with E-state index >= 15 is 0 Å². The molecule has 12 nitrogen and oxygen atoms in total. The highest BCUT2D eigenvalue weighted by Gasteiger charge is 2.37. The molecule has 0 bridgehead atoms. The van der Waals surface area contributed by atoms with Crippen molar-refractivity contribution in [2.75, 3.05) is 6.61 Å². The SMILES string of the molecule is CC(C)(C)CC1CCC(=O)OCC[C@H](NC(=O)[C@H](Cc2ccccc2)NC(=O)OC(C)(C)C)C(=O)N[C@@H](CC2CCCCC2)[C@@H](O)C(=O)O1. The number of benzene rings is 1. The van der Waals surface area contributed by atoms with Crippen molar-refractivity contribution in [2.45, 2.75) is 148 Å². The Labute approximate surface area is 290 Å². The second-order valence-corrected chi connectivity index (χ2v) is 15.6. The molecule has 1 aromatic carbocycles. The molecule has 1 aliphatic heterocycles. The maximum atomic E-state index is 13.9. The Bertz CT molecular complexity index is 1250. The summed E-state index contributed by atoms with van der Waals surface area (Å²) in [5.41, 5.74) is -0.264. The molecule has 3 rings (SSSR count). The molecule has 4 N–H and O–H groups in total. The summed E-state index contributed by atoms with van der Waals surface area (Å²) in [5.74, 6) is -2.53. The van der Waals surface area contributed by atoms with Gasteiger partial charge >= 0.3 is 18.0 Å². The molecule has 0 radical (unpaired) electrons. The van der Waals surface area contributed by atoms with Gasteiger partial charge in [-0.3, -0.25) is 14.4 Å². The highest BCUT2D eigenvalue weighted by Crippen LogP contribution is 2.29. The normalized spacial score (nSPS) is 24.3. The van der Waals surface area contributed by atoms with Crippen molar-refractivity contribution < 1.29 is 43.3 Å². The van der Waals surface area contributed by atoms with E-state index < -0.39 is 65.8 Å². The van der Waals surface area contributed by atoms with Crippen molar-refractivity contribution in [3.05, 3.63) is 35.9 Å². The summed E-state index contributed by atoms with van der Waals surface area (Å²) >= 11 is 0. The number of nitrogens with one attached hydrogen (secondary N) is 3. The second kappa shape index (κ2) is 18.4. The number of alkyl carbamates (subject to hydrolysis) is 1. The van der Waals surface area contributed by atoms with Gasteiger partial charge in [0.05, 0.1) is 12.6 Å². The minimum absolute atomic E-state index is 0.0300. The Morgan fingerprint density at radius 2 is 1.65 bits per heavy atom. The van der Waals surface area contributed by atoms with Crippen LogP contribution in [0.1, 0.15) is 111 Å². The van der Waals surface area contributed by atoms with Gasteiger partial charge in [0.15, 0.2) is 6.10 Å². The molecule has 49 heavy (non-hydrogen) atoms. The smallest absolute Gasteiger partial charge is 0.408 e. The summed E-state index contributed by atoms with van der Waals surface area (Å²) < 4.78 is 16.6. The van der Waals surface area contributed by atoms with Crippen LogP contribution < -0.4 is 16.0 Å². The van der Waals surface area contributed by atoms with E-state index in [-0.39, 0.29) is 43.6 Å². The third kappa shape index (κ3) is 14.8. The van der Waals surface area contributed by atoms with Gasteiger partial charge in [-0.2, -0.15) is 0 Å². The standard InChI is InChI=1S/C37H57N3O9/c1-36(2,3)23-26-17-18-30(41)47-20-19-27(32(43)39-28(31(42)34(45)48-26)21-24-13-9-7-10-14-24)38-33(44)29(22-25-15-11-8-12-16-25)40-35(46)49-37(4,5)6/h8,11-12,15-16,24,26-29,31,42H,7,9-10,13-14,17-23H2,1-6H3,(H,38,44)(H,39,43)(H,40,46)/t26?,27-,28-,29-,31+/m0/s1. The highest BCUT2D eigenvalue weighted by molar-refractivity contribution is 5.92. The highest BCUT2D eigenvalue weighted by atomic mass is 16.6. The maximum absolute atomic E-state index is 13.9. The van der Waals surface area contributed by atoms with Gasteiger partial charge in [0.2, 0.25) is 11.8 Å². The van der Waals surface area contributed by atoms with Crippen LogP contribution in [0.4, 0.5) is 4.79 Å². The van der Waals surface area contributed by atoms with Gasteiger partial charge in [-0.25, -0.2) is 9.59 Å². The molecule has 1 unspecified atom stereocenters. The third-order valence-electron chi connectivity index (χ3n) is 8.65. The number of hydrogen-bond donors (Lipinski definition) is 4. The Balaban J connectivity index is 1.87. The zero-order valence-corrected chi connectivity index (χ0v) is 30.0. The lowest BCUT2D eigenvalue weighted by Gasteiger charge is -2.32. The third-order valence-corrected chi connectivity index (χ3v) is 8.65. The summed E-state index contributed by atoms with van der Waals surface area (Å²) in [5, 5.41) is 19.5. The topological polar surface area (TPSA) is 169 Å². The Hall–Kier alpha value is -3.67. The summed E-state index contributed by atoms with van der Waals surface area (Å²) in [6, 6.07) is 5.78. The van der Waals surface area contributed by atoms with Gasteiger partial charge in [0.1, 0.15) is 23.8 Å². The van der Waals surface area contributed by atoms with Crippen molar-refractivity contribution in [3.8, 4) is 0 Å². The maximum Gasteiger partial charge on any atom is 0.408 e. The lowest BCUT2D eigenvalue weighted by molar-refractivity contribution is -0.164. The number of hydrogen-bond acceptors (Lipinski definition) is 9. The number of cyclic esters (lactones) is 2. The van der Waals surface area contributed by atoms with Crippen LogP contribution in [-0.2, 0) is 39.8 Å². The van der Waals surface area contributed by atoms with Gasteiger partial charge < -0.3 is 35.3 Å². The molecule has 1 heterocycles. The fourth-order valence-corrected chi connectivity index (χ4v) is 6.31. The van der Waals surface area contributed by atoms with Crippen LogP contribution >= 0.6 is 0 Å². The van der Waals surface area contributed by atoms with Crippen molar-refractivity contribution in [1.82, 2.24) is 16.0 Å². The molecule has 5 atom stereocenters. The Kier molecular flexibility index (Phi) is 14.9. The molecule has 0 spiro atoms. The number of aliphatic hydroxyl groups is 1. The molecule has 1 saturated carbocycles. The van der Waals surface area contributed by atoms with E-state index in [0.717, 1.165) is 37.7 Å². The Morgan fingerprint density at radius 3 is 2.29 bits per heavy atom. The van der Waals surface area contributed by atoms with E-state index in [2.05, 4.69) is 16.0 Å². The van der Waals surface area contributed by atoms with E-state index in [4.69, 9.17) is 14.2 Å². The summed E-state index contributed by atoms with van der Waals surface area (Å²) in [6.45, 7) is 10.9. The summed E-state index contributed by atoms with van der Waals surface area (Å²) in [4.78, 5) is 66.5. The largest absolute Gasteiger partial charge is 0.466 e. The van der Waals surface area contributed by atoms with Gasteiger partial charge in [-0.15, -0.1) is 0 Å². The zero-order valence-electron chi connectivity index (χ0n) is 30.0. The number of carbonyl (C=O) groups excluding carboxylic acids is 5. The first-order valence-electron chi connectivity index (χ1n) is 17.7. The van der Waals surface area contributed by atoms with Gasteiger partial charge in [-0.05, 0) is 56.9 Å². The quantitative estimate of drug-likeness (QED) is 0.227. The minimum Gasteiger partial charge on any atom is -0.466 e.